The second kappa shape index (κ2) is 5.81. The topological polar surface area (TPSA) is 109 Å². The van der Waals surface area contributed by atoms with Crippen LogP contribution in [0.3, 0.4) is 0 Å². The Labute approximate surface area is 117 Å². The van der Waals surface area contributed by atoms with E-state index < -0.39 is 16.1 Å². The summed E-state index contributed by atoms with van der Waals surface area (Å²) in [6, 6.07) is 10.8. The Morgan fingerprint density at radius 1 is 1.20 bits per heavy atom. The summed E-state index contributed by atoms with van der Waals surface area (Å²) in [4.78, 5) is 3.80. The monoisotopic (exact) mass is 290 g/mol. The molecule has 0 radical (unpaired) electrons. The van der Waals surface area contributed by atoms with Gasteiger partial charge in [-0.25, -0.2) is 8.42 Å². The van der Waals surface area contributed by atoms with Gasteiger partial charge in [-0.2, -0.15) is 4.72 Å². The molecule has 0 aliphatic rings. The number of sulfonamides is 1. The van der Waals surface area contributed by atoms with Crippen molar-refractivity contribution in [3.8, 4) is 0 Å². The van der Waals surface area contributed by atoms with E-state index in [0.717, 1.165) is 0 Å². The summed E-state index contributed by atoms with van der Waals surface area (Å²) in [7, 11) is -3.79. The second-order valence-electron chi connectivity index (χ2n) is 4.11. The third kappa shape index (κ3) is 3.19. The molecule has 0 aliphatic heterocycles. The Kier molecular flexibility index (Phi) is 4.11. The normalized spacial score (nSPS) is 12.8. The molecule has 1 aromatic heterocycles. The third-order valence-electron chi connectivity index (χ3n) is 2.66. The van der Waals surface area contributed by atoms with Gasteiger partial charge in [0.05, 0.1) is 0 Å². The highest BCUT2D eigenvalue weighted by Crippen LogP contribution is 2.16. The first-order chi connectivity index (χ1) is 9.50. The summed E-state index contributed by atoms with van der Waals surface area (Å²) < 4.78 is 26.8. The summed E-state index contributed by atoms with van der Waals surface area (Å²) in [5.41, 5.74) is 6.10. The Balaban J connectivity index is 2.33. The maximum atomic E-state index is 12.2. The number of hydrogen-bond acceptors (Lipinski definition) is 4. The molecule has 0 amide bonds. The minimum Gasteiger partial charge on any atom is -0.386 e. The average Bonchev–Trinajstić information content (AvgIpc) is 2.46. The highest BCUT2D eigenvalue weighted by Gasteiger charge is 2.23. The number of benzene rings is 1. The standard InChI is InChI=1S/C13H14N4O2S/c14-13(15)12(10-5-2-1-3-6-10)17-20(18,19)11-7-4-8-16-9-11/h1-9,12,17H,(H3,14,15). The van der Waals surface area contributed by atoms with Crippen LogP contribution in [0.5, 0.6) is 0 Å². The van der Waals surface area contributed by atoms with Gasteiger partial charge < -0.3 is 5.73 Å². The number of pyridine rings is 1. The van der Waals surface area contributed by atoms with Crippen molar-refractivity contribution in [3.05, 3.63) is 60.4 Å². The fourth-order valence-electron chi connectivity index (χ4n) is 1.69. The minimum atomic E-state index is -3.79. The molecule has 1 aromatic carbocycles. The zero-order valence-corrected chi connectivity index (χ0v) is 11.3. The molecule has 0 saturated carbocycles. The predicted molar refractivity (Wildman–Crippen MR) is 75.7 cm³/mol. The van der Waals surface area contributed by atoms with E-state index in [1.807, 2.05) is 0 Å². The van der Waals surface area contributed by atoms with Crippen LogP contribution in [0, 0.1) is 5.41 Å². The highest BCUT2D eigenvalue weighted by atomic mass is 32.2. The molecule has 2 aromatic rings. The van der Waals surface area contributed by atoms with Crippen LogP contribution in [0.4, 0.5) is 0 Å². The molecule has 1 atom stereocenters. The van der Waals surface area contributed by atoms with Gasteiger partial charge in [0.25, 0.3) is 0 Å². The first-order valence-corrected chi connectivity index (χ1v) is 7.30. The average molecular weight is 290 g/mol. The van der Waals surface area contributed by atoms with Crippen LogP contribution in [-0.2, 0) is 10.0 Å². The lowest BCUT2D eigenvalue weighted by Crippen LogP contribution is -2.37. The lowest BCUT2D eigenvalue weighted by atomic mass is 10.1. The maximum absolute atomic E-state index is 12.2. The molecule has 0 fully saturated rings. The smallest absolute Gasteiger partial charge is 0.243 e. The van der Waals surface area contributed by atoms with Gasteiger partial charge in [-0.3, -0.25) is 10.4 Å². The van der Waals surface area contributed by atoms with Crippen molar-refractivity contribution in [3.63, 3.8) is 0 Å². The molecule has 2 rings (SSSR count). The van der Waals surface area contributed by atoms with E-state index in [-0.39, 0.29) is 10.7 Å². The van der Waals surface area contributed by atoms with Crippen LogP contribution in [0.2, 0.25) is 0 Å². The molecule has 0 bridgehead atoms. The van der Waals surface area contributed by atoms with Crippen molar-refractivity contribution >= 4 is 15.9 Å². The number of amidine groups is 1. The van der Waals surface area contributed by atoms with Crippen LogP contribution in [-0.4, -0.2) is 19.2 Å². The van der Waals surface area contributed by atoms with Crippen molar-refractivity contribution < 1.29 is 8.42 Å². The fraction of sp³-hybridized carbons (Fsp3) is 0.0769. The van der Waals surface area contributed by atoms with Gasteiger partial charge in [-0.15, -0.1) is 0 Å². The van der Waals surface area contributed by atoms with Crippen molar-refractivity contribution in [2.75, 3.05) is 0 Å². The number of nitrogens with two attached hydrogens (primary N) is 1. The van der Waals surface area contributed by atoms with Crippen LogP contribution >= 0.6 is 0 Å². The van der Waals surface area contributed by atoms with Crippen LogP contribution in [0.1, 0.15) is 11.6 Å². The molecule has 6 nitrogen and oxygen atoms in total. The van der Waals surface area contributed by atoms with Crippen LogP contribution < -0.4 is 10.5 Å². The molecule has 1 heterocycles. The zero-order valence-electron chi connectivity index (χ0n) is 10.5. The van der Waals surface area contributed by atoms with E-state index in [2.05, 4.69) is 9.71 Å². The predicted octanol–water partition coefficient (Wildman–Crippen LogP) is 1.04. The number of nitrogens with one attached hydrogen (secondary N) is 2. The molecule has 7 heteroatoms. The summed E-state index contributed by atoms with van der Waals surface area (Å²) in [5, 5.41) is 7.57. The Bertz CT molecular complexity index is 687. The lowest BCUT2D eigenvalue weighted by molar-refractivity contribution is 0.576. The van der Waals surface area contributed by atoms with Gasteiger partial charge in [-0.1, -0.05) is 30.3 Å². The summed E-state index contributed by atoms with van der Waals surface area (Å²) in [5.74, 6) is -0.274. The number of nitrogens with zero attached hydrogens (tertiary/aromatic N) is 1. The van der Waals surface area contributed by atoms with E-state index in [1.165, 1.54) is 24.5 Å². The molecule has 0 spiro atoms. The number of hydrogen-bond donors (Lipinski definition) is 3. The van der Waals surface area contributed by atoms with Crippen LogP contribution in [0.25, 0.3) is 0 Å². The number of aromatic nitrogens is 1. The first-order valence-electron chi connectivity index (χ1n) is 5.82. The maximum Gasteiger partial charge on any atom is 0.243 e. The highest BCUT2D eigenvalue weighted by molar-refractivity contribution is 7.89. The van der Waals surface area contributed by atoms with Crippen LogP contribution in [0.15, 0.2) is 59.8 Å². The van der Waals surface area contributed by atoms with E-state index in [1.54, 1.807) is 30.3 Å². The fourth-order valence-corrected chi connectivity index (χ4v) is 2.85. The van der Waals surface area contributed by atoms with E-state index in [4.69, 9.17) is 11.1 Å². The zero-order chi connectivity index (χ0) is 14.6. The molecule has 104 valence electrons. The Morgan fingerprint density at radius 2 is 1.90 bits per heavy atom. The first kappa shape index (κ1) is 14.2. The molecule has 0 saturated heterocycles. The molecule has 4 N–H and O–H groups in total. The molecular formula is C13H14N4O2S. The van der Waals surface area contributed by atoms with E-state index >= 15 is 0 Å². The molecule has 0 aliphatic carbocycles. The third-order valence-corrected chi connectivity index (χ3v) is 4.07. The van der Waals surface area contributed by atoms with Gasteiger partial charge in [0.1, 0.15) is 16.8 Å². The summed E-state index contributed by atoms with van der Waals surface area (Å²) in [6.45, 7) is 0. The van der Waals surface area contributed by atoms with Gasteiger partial charge in [0.15, 0.2) is 0 Å². The summed E-state index contributed by atoms with van der Waals surface area (Å²) >= 11 is 0. The van der Waals surface area contributed by atoms with Gasteiger partial charge in [-0.05, 0) is 17.7 Å². The summed E-state index contributed by atoms with van der Waals surface area (Å²) in [6.07, 6.45) is 2.73. The SMILES string of the molecule is N=C(N)C(NS(=O)(=O)c1cccnc1)c1ccccc1. The second-order valence-corrected chi connectivity index (χ2v) is 5.82. The quantitative estimate of drug-likeness (QED) is 0.564. The van der Waals surface area contributed by atoms with Gasteiger partial charge >= 0.3 is 0 Å². The van der Waals surface area contributed by atoms with Crippen molar-refractivity contribution in [1.29, 1.82) is 5.41 Å². The Hall–Kier alpha value is -2.25. The van der Waals surface area contributed by atoms with E-state index in [9.17, 15) is 8.42 Å². The van der Waals surface area contributed by atoms with Gasteiger partial charge in [0.2, 0.25) is 10.0 Å². The lowest BCUT2D eigenvalue weighted by Gasteiger charge is -2.17. The van der Waals surface area contributed by atoms with Crippen molar-refractivity contribution in [1.82, 2.24) is 9.71 Å². The molecule has 1 unspecified atom stereocenters. The minimum absolute atomic E-state index is 0.0298. The molecule has 20 heavy (non-hydrogen) atoms. The molecular weight excluding hydrogens is 276 g/mol. The largest absolute Gasteiger partial charge is 0.386 e. The number of rotatable bonds is 5. The van der Waals surface area contributed by atoms with E-state index in [0.29, 0.717) is 5.56 Å². The van der Waals surface area contributed by atoms with Gasteiger partial charge in [0, 0.05) is 12.4 Å². The Morgan fingerprint density at radius 3 is 2.45 bits per heavy atom. The van der Waals surface area contributed by atoms with Crippen molar-refractivity contribution in [2.45, 2.75) is 10.9 Å². The van der Waals surface area contributed by atoms with Crippen molar-refractivity contribution in [2.24, 2.45) is 5.73 Å².